The normalized spacial score (nSPS) is 17.1. The van der Waals surface area contributed by atoms with Crippen LogP contribution >= 0.6 is 0 Å². The average molecular weight is 255 g/mol. The maximum Gasteiger partial charge on any atom is 0.342 e. The topological polar surface area (TPSA) is 47.6 Å². The van der Waals surface area contributed by atoms with E-state index in [1.807, 2.05) is 42.5 Å². The molecular formula is C15H13NO3. The Hall–Kier alpha value is -2.49. The van der Waals surface area contributed by atoms with Gasteiger partial charge in [0.1, 0.15) is 5.75 Å². The highest BCUT2D eigenvalue weighted by molar-refractivity contribution is 5.97. The zero-order chi connectivity index (χ0) is 13.2. The van der Waals surface area contributed by atoms with Crippen molar-refractivity contribution in [2.24, 2.45) is 0 Å². The minimum atomic E-state index is -0.465. The standard InChI is InChI=1S/C15H13NO3/c1-18-11-8-6-10(7-9-11)14-16-13-5-3-2-4-12(13)15(17)19-14/h2-9,14,16H,1H3. The minimum Gasteiger partial charge on any atom is -0.497 e. The molecule has 1 aliphatic rings. The van der Waals surface area contributed by atoms with Crippen molar-refractivity contribution in [1.82, 2.24) is 0 Å². The molecule has 0 radical (unpaired) electrons. The van der Waals surface area contributed by atoms with E-state index in [9.17, 15) is 4.79 Å². The van der Waals surface area contributed by atoms with Crippen LogP contribution in [0.3, 0.4) is 0 Å². The van der Waals surface area contributed by atoms with E-state index in [2.05, 4.69) is 5.32 Å². The van der Waals surface area contributed by atoms with E-state index < -0.39 is 6.23 Å². The first kappa shape index (κ1) is 11.6. The Morgan fingerprint density at radius 3 is 2.58 bits per heavy atom. The number of para-hydroxylation sites is 1. The lowest BCUT2D eigenvalue weighted by molar-refractivity contribution is 0.0330. The highest BCUT2D eigenvalue weighted by atomic mass is 16.6. The highest BCUT2D eigenvalue weighted by Gasteiger charge is 2.26. The molecule has 0 saturated carbocycles. The third-order valence-corrected chi connectivity index (χ3v) is 3.08. The number of ether oxygens (including phenoxy) is 2. The fourth-order valence-electron chi connectivity index (χ4n) is 2.06. The molecule has 0 aliphatic carbocycles. The van der Waals surface area contributed by atoms with Crippen molar-refractivity contribution in [2.45, 2.75) is 6.23 Å². The van der Waals surface area contributed by atoms with E-state index in [4.69, 9.17) is 9.47 Å². The van der Waals surface area contributed by atoms with E-state index in [0.717, 1.165) is 17.0 Å². The first-order chi connectivity index (χ1) is 9.28. The number of esters is 1. The van der Waals surface area contributed by atoms with Crippen LogP contribution in [0, 0.1) is 0 Å². The van der Waals surface area contributed by atoms with E-state index in [1.54, 1.807) is 13.2 Å². The Morgan fingerprint density at radius 2 is 1.84 bits per heavy atom. The molecule has 0 amide bonds. The quantitative estimate of drug-likeness (QED) is 0.838. The van der Waals surface area contributed by atoms with Gasteiger partial charge >= 0.3 is 5.97 Å². The lowest BCUT2D eigenvalue weighted by Gasteiger charge is -2.26. The second-order valence-electron chi connectivity index (χ2n) is 4.25. The Kier molecular flexibility index (Phi) is 2.83. The van der Waals surface area contributed by atoms with E-state index in [0.29, 0.717) is 5.56 Å². The number of cyclic esters (lactones) is 1. The van der Waals surface area contributed by atoms with Crippen LogP contribution in [0.5, 0.6) is 5.75 Å². The smallest absolute Gasteiger partial charge is 0.342 e. The van der Waals surface area contributed by atoms with Crippen LogP contribution in [0.25, 0.3) is 0 Å². The Labute approximate surface area is 111 Å². The van der Waals surface area contributed by atoms with Gasteiger partial charge in [0.15, 0.2) is 6.23 Å². The Balaban J connectivity index is 1.90. The van der Waals surface area contributed by atoms with Gasteiger partial charge in [-0.2, -0.15) is 0 Å². The fraction of sp³-hybridized carbons (Fsp3) is 0.133. The second-order valence-corrected chi connectivity index (χ2v) is 4.25. The van der Waals surface area contributed by atoms with Gasteiger partial charge in [-0.25, -0.2) is 4.79 Å². The van der Waals surface area contributed by atoms with Crippen LogP contribution in [0.4, 0.5) is 5.69 Å². The van der Waals surface area contributed by atoms with Crippen molar-refractivity contribution in [2.75, 3.05) is 12.4 Å². The average Bonchev–Trinajstić information content (AvgIpc) is 2.47. The lowest BCUT2D eigenvalue weighted by atomic mass is 10.1. The van der Waals surface area contributed by atoms with Crippen molar-refractivity contribution in [3.8, 4) is 5.75 Å². The predicted octanol–water partition coefficient (Wildman–Crippen LogP) is 2.98. The maximum atomic E-state index is 11.9. The molecule has 1 heterocycles. The Morgan fingerprint density at radius 1 is 1.11 bits per heavy atom. The number of hydrogen-bond acceptors (Lipinski definition) is 4. The monoisotopic (exact) mass is 255 g/mol. The molecule has 96 valence electrons. The molecule has 19 heavy (non-hydrogen) atoms. The number of nitrogens with one attached hydrogen (secondary N) is 1. The van der Waals surface area contributed by atoms with Gasteiger partial charge in [-0.15, -0.1) is 0 Å². The summed E-state index contributed by atoms with van der Waals surface area (Å²) in [5.74, 6) is 0.460. The van der Waals surface area contributed by atoms with Crippen LogP contribution in [-0.4, -0.2) is 13.1 Å². The summed E-state index contributed by atoms with van der Waals surface area (Å²) in [6.07, 6.45) is -0.465. The number of anilines is 1. The van der Waals surface area contributed by atoms with E-state index in [1.165, 1.54) is 0 Å². The summed E-state index contributed by atoms with van der Waals surface area (Å²) in [7, 11) is 1.62. The van der Waals surface area contributed by atoms with Gasteiger partial charge in [-0.1, -0.05) is 12.1 Å². The van der Waals surface area contributed by atoms with E-state index in [-0.39, 0.29) is 5.97 Å². The van der Waals surface area contributed by atoms with Gasteiger partial charge in [0.2, 0.25) is 0 Å². The largest absolute Gasteiger partial charge is 0.497 e. The lowest BCUT2D eigenvalue weighted by Crippen LogP contribution is -2.25. The molecule has 0 aromatic heterocycles. The van der Waals surface area contributed by atoms with Crippen LogP contribution in [0.15, 0.2) is 48.5 Å². The van der Waals surface area contributed by atoms with Crippen molar-refractivity contribution in [3.63, 3.8) is 0 Å². The number of benzene rings is 2. The molecule has 1 atom stereocenters. The first-order valence-electron chi connectivity index (χ1n) is 5.98. The molecule has 0 fully saturated rings. The van der Waals surface area contributed by atoms with Crippen LogP contribution in [0.2, 0.25) is 0 Å². The van der Waals surface area contributed by atoms with Gasteiger partial charge < -0.3 is 14.8 Å². The molecule has 1 N–H and O–H groups in total. The second kappa shape index (κ2) is 4.65. The summed E-state index contributed by atoms with van der Waals surface area (Å²) < 4.78 is 10.5. The van der Waals surface area contributed by atoms with Gasteiger partial charge in [-0.05, 0) is 36.4 Å². The van der Waals surface area contributed by atoms with Crippen molar-refractivity contribution >= 4 is 11.7 Å². The number of methoxy groups -OCH3 is 1. The Bertz CT molecular complexity index is 607. The number of hydrogen-bond donors (Lipinski definition) is 1. The third kappa shape index (κ3) is 2.12. The SMILES string of the molecule is COc1ccc(C2Nc3ccccc3C(=O)O2)cc1. The molecule has 4 nitrogen and oxygen atoms in total. The van der Waals surface area contributed by atoms with Crippen molar-refractivity contribution in [3.05, 3.63) is 59.7 Å². The maximum absolute atomic E-state index is 11.9. The first-order valence-corrected chi connectivity index (χ1v) is 5.98. The summed E-state index contributed by atoms with van der Waals surface area (Å²) in [5.41, 5.74) is 2.23. The molecule has 4 heteroatoms. The van der Waals surface area contributed by atoms with Crippen molar-refractivity contribution < 1.29 is 14.3 Å². The molecule has 0 spiro atoms. The summed E-state index contributed by atoms with van der Waals surface area (Å²) in [6, 6.07) is 14.7. The number of carbonyl (C=O) groups is 1. The molecule has 3 rings (SSSR count). The van der Waals surface area contributed by atoms with Gasteiger partial charge in [-0.3, -0.25) is 0 Å². The molecule has 1 aliphatic heterocycles. The molecule has 0 saturated heterocycles. The van der Waals surface area contributed by atoms with E-state index >= 15 is 0 Å². The number of carbonyl (C=O) groups excluding carboxylic acids is 1. The predicted molar refractivity (Wildman–Crippen MR) is 71.2 cm³/mol. The van der Waals surface area contributed by atoms with Gasteiger partial charge in [0, 0.05) is 5.56 Å². The number of rotatable bonds is 2. The van der Waals surface area contributed by atoms with Crippen LogP contribution in [0.1, 0.15) is 22.1 Å². The molecule has 2 aromatic carbocycles. The molecule has 2 aromatic rings. The summed E-state index contributed by atoms with van der Waals surface area (Å²) in [5, 5.41) is 3.20. The number of fused-ring (bicyclic) bond motifs is 1. The zero-order valence-electron chi connectivity index (χ0n) is 10.4. The third-order valence-electron chi connectivity index (χ3n) is 3.08. The minimum absolute atomic E-state index is 0.310. The summed E-state index contributed by atoms with van der Waals surface area (Å²) in [6.45, 7) is 0. The van der Waals surface area contributed by atoms with Crippen LogP contribution in [-0.2, 0) is 4.74 Å². The highest BCUT2D eigenvalue weighted by Crippen LogP contribution is 2.30. The molecular weight excluding hydrogens is 242 g/mol. The summed E-state index contributed by atoms with van der Waals surface area (Å²) >= 11 is 0. The molecule has 1 unspecified atom stereocenters. The fourth-order valence-corrected chi connectivity index (χ4v) is 2.06. The van der Waals surface area contributed by atoms with Crippen molar-refractivity contribution in [1.29, 1.82) is 0 Å². The van der Waals surface area contributed by atoms with Crippen LogP contribution < -0.4 is 10.1 Å². The zero-order valence-corrected chi connectivity index (χ0v) is 10.4. The van der Waals surface area contributed by atoms with Gasteiger partial charge in [0.05, 0.1) is 18.4 Å². The van der Waals surface area contributed by atoms with Gasteiger partial charge in [0.25, 0.3) is 0 Å². The molecule has 0 bridgehead atoms. The summed E-state index contributed by atoms with van der Waals surface area (Å²) in [4.78, 5) is 11.9.